The van der Waals surface area contributed by atoms with Crippen molar-refractivity contribution in [2.24, 2.45) is 0 Å². The summed E-state index contributed by atoms with van der Waals surface area (Å²) in [6.07, 6.45) is 1.73. The number of rotatable bonds is 5. The van der Waals surface area contributed by atoms with Crippen LogP contribution < -0.4 is 5.32 Å². The normalized spacial score (nSPS) is 16.2. The van der Waals surface area contributed by atoms with E-state index < -0.39 is 10.0 Å². The lowest BCUT2D eigenvalue weighted by Gasteiger charge is -2.25. The largest absolute Gasteiger partial charge is 0.379 e. The quantitative estimate of drug-likeness (QED) is 0.787. The van der Waals surface area contributed by atoms with Gasteiger partial charge in [-0.25, -0.2) is 13.4 Å². The van der Waals surface area contributed by atoms with Crippen LogP contribution in [0.1, 0.15) is 10.4 Å². The van der Waals surface area contributed by atoms with Crippen LogP contribution >= 0.6 is 27.3 Å². The maximum absolute atomic E-state index is 12.6. The predicted molar refractivity (Wildman–Crippen MR) is 97.9 cm³/mol. The summed E-state index contributed by atoms with van der Waals surface area (Å²) in [4.78, 5) is 5.28. The molecule has 0 saturated carbocycles. The van der Waals surface area contributed by atoms with Gasteiger partial charge in [-0.05, 0) is 46.6 Å². The Hall–Kier alpha value is -1.00. The first-order valence-corrected chi connectivity index (χ1v) is 10.5. The van der Waals surface area contributed by atoms with Crippen molar-refractivity contribution in [2.45, 2.75) is 17.7 Å². The van der Waals surface area contributed by atoms with Gasteiger partial charge in [-0.2, -0.15) is 4.31 Å². The Bertz CT molecular complexity index is 817. The van der Waals surface area contributed by atoms with Gasteiger partial charge < -0.3 is 10.1 Å². The fraction of sp³-hybridized carbons (Fsp3) is 0.400. The van der Waals surface area contributed by atoms with E-state index in [2.05, 4.69) is 26.2 Å². The first kappa shape index (κ1) is 17.8. The highest BCUT2D eigenvalue weighted by atomic mass is 79.9. The van der Waals surface area contributed by atoms with E-state index in [1.54, 1.807) is 12.3 Å². The third-order valence-corrected chi connectivity index (χ3v) is 7.56. The number of ether oxygens (including phenoxy) is 1. The van der Waals surface area contributed by atoms with Gasteiger partial charge in [-0.15, -0.1) is 11.3 Å². The average molecular weight is 432 g/mol. The lowest BCUT2D eigenvalue weighted by atomic mass is 10.3. The molecule has 1 aliphatic heterocycles. The Labute approximate surface area is 154 Å². The molecule has 0 bridgehead atoms. The maximum atomic E-state index is 12.6. The number of aromatic nitrogens is 1. The lowest BCUT2D eigenvalue weighted by molar-refractivity contribution is 0.0731. The highest BCUT2D eigenvalue weighted by molar-refractivity contribution is 9.10. The standard InChI is InChI=1S/C15H18BrN3O3S2/c1-11-8-12(16)9-17-15(11)18-10-13-2-3-14(23-13)24(20,21)19-4-6-22-7-5-19/h2-3,8-9H,4-7,10H2,1H3,(H,17,18). The van der Waals surface area contributed by atoms with Crippen molar-refractivity contribution >= 4 is 43.1 Å². The van der Waals surface area contributed by atoms with Crippen LogP contribution in [0.4, 0.5) is 5.82 Å². The molecule has 3 heterocycles. The number of pyridine rings is 1. The van der Waals surface area contributed by atoms with E-state index in [-0.39, 0.29) is 0 Å². The Balaban J connectivity index is 1.69. The first-order valence-electron chi connectivity index (χ1n) is 7.49. The number of thiophene rings is 1. The third-order valence-electron chi connectivity index (χ3n) is 3.68. The van der Waals surface area contributed by atoms with E-state index in [0.29, 0.717) is 37.1 Å². The van der Waals surface area contributed by atoms with Crippen molar-refractivity contribution in [3.63, 3.8) is 0 Å². The van der Waals surface area contributed by atoms with Crippen LogP contribution in [-0.2, 0) is 21.3 Å². The van der Waals surface area contributed by atoms with Gasteiger partial charge in [0, 0.05) is 28.6 Å². The molecule has 1 aliphatic rings. The molecule has 0 atom stereocenters. The molecule has 0 aromatic carbocycles. The Kier molecular flexibility index (Phi) is 5.56. The minimum atomic E-state index is -3.42. The molecule has 2 aromatic rings. The summed E-state index contributed by atoms with van der Waals surface area (Å²) < 4.78 is 33.2. The summed E-state index contributed by atoms with van der Waals surface area (Å²) in [7, 11) is -3.42. The van der Waals surface area contributed by atoms with Crippen LogP contribution in [0.3, 0.4) is 0 Å². The predicted octanol–water partition coefficient (Wildman–Crippen LogP) is 2.85. The van der Waals surface area contributed by atoms with Gasteiger partial charge >= 0.3 is 0 Å². The molecule has 6 nitrogen and oxygen atoms in total. The van der Waals surface area contributed by atoms with Crippen LogP contribution in [0.2, 0.25) is 0 Å². The number of morpholine rings is 1. The highest BCUT2D eigenvalue weighted by Crippen LogP contribution is 2.26. The van der Waals surface area contributed by atoms with Gasteiger partial charge in [0.1, 0.15) is 10.0 Å². The van der Waals surface area contributed by atoms with Crippen molar-refractivity contribution in [1.29, 1.82) is 0 Å². The molecule has 0 radical (unpaired) electrons. The average Bonchev–Trinajstić information content (AvgIpc) is 3.05. The molecule has 1 saturated heterocycles. The van der Waals surface area contributed by atoms with Crippen molar-refractivity contribution in [3.05, 3.63) is 39.3 Å². The molecule has 0 unspecified atom stereocenters. The Morgan fingerprint density at radius 1 is 1.38 bits per heavy atom. The van der Waals surface area contributed by atoms with Crippen LogP contribution in [0.15, 0.2) is 33.1 Å². The minimum absolute atomic E-state index is 0.377. The van der Waals surface area contributed by atoms with Crippen LogP contribution in [0, 0.1) is 6.92 Å². The molecule has 24 heavy (non-hydrogen) atoms. The van der Waals surface area contributed by atoms with Gasteiger partial charge in [0.15, 0.2) is 0 Å². The van der Waals surface area contributed by atoms with Crippen molar-refractivity contribution in [1.82, 2.24) is 9.29 Å². The number of anilines is 1. The molecule has 9 heteroatoms. The van der Waals surface area contributed by atoms with Crippen LogP contribution in [0.25, 0.3) is 0 Å². The van der Waals surface area contributed by atoms with Crippen LogP contribution in [0.5, 0.6) is 0 Å². The van der Waals surface area contributed by atoms with E-state index in [1.807, 2.05) is 19.1 Å². The zero-order chi connectivity index (χ0) is 17.2. The zero-order valence-corrected chi connectivity index (χ0v) is 16.4. The van der Waals surface area contributed by atoms with E-state index in [0.717, 1.165) is 20.7 Å². The molecule has 1 fully saturated rings. The number of halogens is 1. The highest BCUT2D eigenvalue weighted by Gasteiger charge is 2.27. The van der Waals surface area contributed by atoms with E-state index in [9.17, 15) is 8.42 Å². The summed E-state index contributed by atoms with van der Waals surface area (Å²) in [6, 6.07) is 5.51. The second kappa shape index (κ2) is 7.49. The lowest BCUT2D eigenvalue weighted by Crippen LogP contribution is -2.40. The number of nitrogens with one attached hydrogen (secondary N) is 1. The van der Waals surface area contributed by atoms with E-state index in [1.165, 1.54) is 15.6 Å². The molecule has 0 amide bonds. The number of aryl methyl sites for hydroxylation is 1. The van der Waals surface area contributed by atoms with Crippen molar-refractivity contribution < 1.29 is 13.2 Å². The maximum Gasteiger partial charge on any atom is 0.252 e. The molecule has 1 N–H and O–H groups in total. The molecule has 130 valence electrons. The topological polar surface area (TPSA) is 71.5 Å². The first-order chi connectivity index (χ1) is 11.5. The molecular formula is C15H18BrN3O3S2. The van der Waals surface area contributed by atoms with E-state index >= 15 is 0 Å². The van der Waals surface area contributed by atoms with Crippen LogP contribution in [-0.4, -0.2) is 44.0 Å². The summed E-state index contributed by atoms with van der Waals surface area (Å²) >= 11 is 4.68. The van der Waals surface area contributed by atoms with Gasteiger partial charge in [-0.1, -0.05) is 0 Å². The minimum Gasteiger partial charge on any atom is -0.379 e. The number of nitrogens with zero attached hydrogens (tertiary/aromatic N) is 2. The summed E-state index contributed by atoms with van der Waals surface area (Å²) in [5.74, 6) is 0.796. The zero-order valence-electron chi connectivity index (χ0n) is 13.2. The second-order valence-electron chi connectivity index (χ2n) is 5.41. The summed E-state index contributed by atoms with van der Waals surface area (Å²) in [6.45, 7) is 4.24. The molecule has 3 rings (SSSR count). The summed E-state index contributed by atoms with van der Waals surface area (Å²) in [5, 5.41) is 3.25. The van der Waals surface area contributed by atoms with Gasteiger partial charge in [0.25, 0.3) is 10.0 Å². The molecular weight excluding hydrogens is 414 g/mol. The Morgan fingerprint density at radius 3 is 2.83 bits per heavy atom. The molecule has 2 aromatic heterocycles. The number of sulfonamides is 1. The Morgan fingerprint density at radius 2 is 2.12 bits per heavy atom. The molecule has 0 aliphatic carbocycles. The second-order valence-corrected chi connectivity index (χ2v) is 9.66. The fourth-order valence-electron chi connectivity index (χ4n) is 2.40. The summed E-state index contributed by atoms with van der Waals surface area (Å²) in [5.41, 5.74) is 1.03. The SMILES string of the molecule is Cc1cc(Br)cnc1NCc1ccc(S(=O)(=O)N2CCOCC2)s1. The van der Waals surface area contributed by atoms with Crippen molar-refractivity contribution in [2.75, 3.05) is 31.6 Å². The number of hydrogen-bond acceptors (Lipinski definition) is 6. The molecule has 0 spiro atoms. The smallest absolute Gasteiger partial charge is 0.252 e. The number of hydrogen-bond donors (Lipinski definition) is 1. The third kappa shape index (κ3) is 3.97. The van der Waals surface area contributed by atoms with Crippen molar-refractivity contribution in [3.8, 4) is 0 Å². The fourth-order valence-corrected chi connectivity index (χ4v) is 5.71. The van der Waals surface area contributed by atoms with Gasteiger partial charge in [-0.3, -0.25) is 0 Å². The van der Waals surface area contributed by atoms with Gasteiger partial charge in [0.05, 0.1) is 19.8 Å². The van der Waals surface area contributed by atoms with Gasteiger partial charge in [0.2, 0.25) is 0 Å². The monoisotopic (exact) mass is 431 g/mol. The van der Waals surface area contributed by atoms with E-state index in [4.69, 9.17) is 4.74 Å².